The van der Waals surface area contributed by atoms with Crippen molar-refractivity contribution in [3.63, 3.8) is 0 Å². The van der Waals surface area contributed by atoms with Crippen molar-refractivity contribution in [2.45, 2.75) is 48.0 Å². The highest BCUT2D eigenvalue weighted by Gasteiger charge is 1.98. The summed E-state index contributed by atoms with van der Waals surface area (Å²) in [5.74, 6) is 0.218. The molecular weight excluding hydrogens is 374 g/mol. The van der Waals surface area contributed by atoms with Crippen molar-refractivity contribution in [2.24, 2.45) is 0 Å². The molecule has 0 amide bonds. The molecule has 1 N–H and O–H groups in total. The molecule has 0 aliphatic rings. The Morgan fingerprint density at radius 3 is 2.28 bits per heavy atom. The Morgan fingerprint density at radius 1 is 1.07 bits per heavy atom. The molecule has 0 radical (unpaired) electrons. The maximum Gasteiger partial charge on any atom is 0.134 e. The number of Topliss-reactive ketones (excluding diaryl/α,β-unsaturated/α-hetero) is 1. The van der Waals surface area contributed by atoms with Crippen molar-refractivity contribution in [3.05, 3.63) is 100 Å². The van der Waals surface area contributed by atoms with Gasteiger partial charge < -0.3 is 5.32 Å². The van der Waals surface area contributed by atoms with E-state index < -0.39 is 0 Å². The fraction of sp³-hybridized carbons (Fsp3) is 0.269. The lowest BCUT2D eigenvalue weighted by Gasteiger charge is -2.09. The minimum atomic E-state index is 0.218. The summed E-state index contributed by atoms with van der Waals surface area (Å²) in [6.07, 6.45) is 2.49. The summed E-state index contributed by atoms with van der Waals surface area (Å²) < 4.78 is 0. The van der Waals surface area contributed by atoms with Crippen molar-refractivity contribution in [3.8, 4) is 0 Å². The van der Waals surface area contributed by atoms with Crippen LogP contribution in [0.2, 0.25) is 0 Å². The number of aryl methyl sites for hydroxylation is 3. The van der Waals surface area contributed by atoms with E-state index in [0.29, 0.717) is 6.42 Å². The zero-order valence-corrected chi connectivity index (χ0v) is 19.5. The van der Waals surface area contributed by atoms with E-state index in [0.717, 1.165) is 16.9 Å². The predicted octanol–water partition coefficient (Wildman–Crippen LogP) is 7.77. The average molecular weight is 410 g/mol. The van der Waals surface area contributed by atoms with Crippen LogP contribution in [0.25, 0.3) is 0 Å². The molecule has 156 valence electrons. The number of thioether (sulfide) groups is 1. The summed E-state index contributed by atoms with van der Waals surface area (Å²) in [6.45, 7) is 19.4. The fourth-order valence-electron chi connectivity index (χ4n) is 2.46. The van der Waals surface area contributed by atoms with Gasteiger partial charge in [-0.05, 0) is 61.8 Å². The van der Waals surface area contributed by atoms with Crippen molar-refractivity contribution < 1.29 is 4.79 Å². The summed E-state index contributed by atoms with van der Waals surface area (Å²) in [5.41, 5.74) is 6.80. The van der Waals surface area contributed by atoms with Crippen molar-refractivity contribution in [1.29, 1.82) is 0 Å². The topological polar surface area (TPSA) is 29.1 Å². The molecule has 0 unspecified atom stereocenters. The summed E-state index contributed by atoms with van der Waals surface area (Å²) >= 11 is 1.54. The molecule has 0 atom stereocenters. The van der Waals surface area contributed by atoms with Crippen LogP contribution in [-0.2, 0) is 11.2 Å². The highest BCUT2D eigenvalue weighted by Crippen LogP contribution is 2.18. The molecule has 2 nitrogen and oxygen atoms in total. The van der Waals surface area contributed by atoms with Gasteiger partial charge in [0.1, 0.15) is 5.78 Å². The monoisotopic (exact) mass is 409 g/mol. The van der Waals surface area contributed by atoms with Crippen LogP contribution in [-0.4, -0.2) is 5.78 Å². The van der Waals surface area contributed by atoms with E-state index in [1.54, 1.807) is 12.3 Å². The largest absolute Gasteiger partial charge is 0.356 e. The second-order valence-corrected chi connectivity index (χ2v) is 7.32. The van der Waals surface area contributed by atoms with Gasteiger partial charge in [-0.15, -0.1) is 11.8 Å². The number of rotatable bonds is 7. The molecule has 0 aromatic heterocycles. The zero-order valence-electron chi connectivity index (χ0n) is 18.7. The minimum Gasteiger partial charge on any atom is -0.356 e. The summed E-state index contributed by atoms with van der Waals surface area (Å²) in [6, 6.07) is 14.3. The molecule has 0 fully saturated rings. The highest BCUT2D eigenvalue weighted by molar-refractivity contribution is 8.04. The maximum absolute atomic E-state index is 10.7. The Morgan fingerprint density at radius 2 is 1.72 bits per heavy atom. The molecule has 0 bridgehead atoms. The molecule has 29 heavy (non-hydrogen) atoms. The number of nitrogens with one attached hydrogen (secondary N) is 1. The van der Waals surface area contributed by atoms with E-state index in [-0.39, 0.29) is 5.78 Å². The van der Waals surface area contributed by atoms with E-state index in [2.05, 4.69) is 50.5 Å². The fourth-order valence-corrected chi connectivity index (χ4v) is 2.81. The van der Waals surface area contributed by atoms with Crippen molar-refractivity contribution in [1.82, 2.24) is 0 Å². The average Bonchev–Trinajstić information content (AvgIpc) is 2.66. The Hall–Kier alpha value is -2.52. The molecule has 2 aromatic carbocycles. The number of carbonyl (C=O) groups is 1. The molecule has 2 rings (SSSR count). The first-order valence-corrected chi connectivity index (χ1v) is 10.8. The van der Waals surface area contributed by atoms with Crippen LogP contribution in [0.1, 0.15) is 43.0 Å². The van der Waals surface area contributed by atoms with E-state index in [1.807, 2.05) is 56.5 Å². The Labute approximate surface area is 181 Å². The van der Waals surface area contributed by atoms with Crippen LogP contribution in [0.5, 0.6) is 0 Å². The van der Waals surface area contributed by atoms with Gasteiger partial charge in [0.15, 0.2) is 0 Å². The molecule has 0 heterocycles. The Balaban J connectivity index is 0.000000526. The second-order valence-electron chi connectivity index (χ2n) is 6.44. The SMILES string of the molecule is C=CS/C=C/C(=C)Nc1ccc(C)cc1C.CC.CC(=O)Cc1cccc(C)c1. The molecule has 0 aliphatic heterocycles. The quantitative estimate of drug-likeness (QED) is 0.473. The van der Waals surface area contributed by atoms with Gasteiger partial charge in [0, 0.05) is 17.8 Å². The Bertz CT molecular complexity index is 821. The van der Waals surface area contributed by atoms with E-state index in [4.69, 9.17) is 0 Å². The zero-order chi connectivity index (χ0) is 22.2. The van der Waals surface area contributed by atoms with Gasteiger partial charge in [-0.2, -0.15) is 0 Å². The van der Waals surface area contributed by atoms with Crippen LogP contribution < -0.4 is 5.32 Å². The maximum atomic E-state index is 10.7. The van der Waals surface area contributed by atoms with Gasteiger partial charge in [-0.3, -0.25) is 4.79 Å². The van der Waals surface area contributed by atoms with Gasteiger partial charge in [0.2, 0.25) is 0 Å². The molecule has 0 aliphatic carbocycles. The molecule has 0 spiro atoms. The van der Waals surface area contributed by atoms with Crippen LogP contribution >= 0.6 is 11.8 Å². The highest BCUT2D eigenvalue weighted by atomic mass is 32.2. The molecule has 0 saturated carbocycles. The molecule has 2 aromatic rings. The smallest absolute Gasteiger partial charge is 0.134 e. The van der Waals surface area contributed by atoms with Gasteiger partial charge >= 0.3 is 0 Å². The lowest BCUT2D eigenvalue weighted by Crippen LogP contribution is -1.97. The number of carbonyl (C=O) groups excluding carboxylic acids is 1. The number of hydrogen-bond acceptors (Lipinski definition) is 3. The lowest BCUT2D eigenvalue weighted by molar-refractivity contribution is -0.116. The normalized spacial score (nSPS) is 9.59. The summed E-state index contributed by atoms with van der Waals surface area (Å²) in [4.78, 5) is 10.7. The predicted molar refractivity (Wildman–Crippen MR) is 133 cm³/mol. The number of anilines is 1. The molecule has 0 saturated heterocycles. The van der Waals surface area contributed by atoms with Gasteiger partial charge in [-0.25, -0.2) is 0 Å². The summed E-state index contributed by atoms with van der Waals surface area (Å²) in [7, 11) is 0. The van der Waals surface area contributed by atoms with Crippen LogP contribution in [0, 0.1) is 20.8 Å². The third kappa shape index (κ3) is 12.5. The van der Waals surface area contributed by atoms with E-state index in [1.165, 1.54) is 28.5 Å². The van der Waals surface area contributed by atoms with Crippen LogP contribution in [0.4, 0.5) is 5.69 Å². The van der Waals surface area contributed by atoms with E-state index >= 15 is 0 Å². The third-order valence-corrected chi connectivity index (χ3v) is 4.14. The standard InChI is InChI=1S/C14H17NS.C10H12O.C2H6/c1-5-16-9-8-13(4)15-14-7-6-11(2)10-12(14)3;1-8-4-3-5-10(6-8)7-9(2)11;1-2/h5-10,15H,1,4H2,2-3H3;3-6H,7H2,1-2H3;1-2H3/b9-8+;;. The van der Waals surface area contributed by atoms with E-state index in [9.17, 15) is 4.79 Å². The Kier molecular flexibility index (Phi) is 14.1. The second kappa shape index (κ2) is 15.4. The van der Waals surface area contributed by atoms with Crippen molar-refractivity contribution >= 4 is 23.2 Å². The number of benzene rings is 2. The number of allylic oxidation sites excluding steroid dienone is 1. The third-order valence-electron chi connectivity index (χ3n) is 3.66. The van der Waals surface area contributed by atoms with Crippen molar-refractivity contribution in [2.75, 3.05) is 5.32 Å². The van der Waals surface area contributed by atoms with Crippen LogP contribution in [0.15, 0.2) is 78.2 Å². The lowest BCUT2D eigenvalue weighted by atomic mass is 10.1. The molecule has 3 heteroatoms. The minimum absolute atomic E-state index is 0.218. The van der Waals surface area contributed by atoms with Gasteiger partial charge in [0.05, 0.1) is 0 Å². The van der Waals surface area contributed by atoms with Crippen LogP contribution in [0.3, 0.4) is 0 Å². The number of ketones is 1. The first-order valence-electron chi connectivity index (χ1n) is 9.83. The summed E-state index contributed by atoms with van der Waals surface area (Å²) in [5, 5.41) is 7.00. The van der Waals surface area contributed by atoms with Gasteiger partial charge in [0.25, 0.3) is 0 Å². The first kappa shape index (κ1) is 26.5. The molecular formula is C26H35NOS. The first-order chi connectivity index (χ1) is 13.8. The number of hydrogen-bond donors (Lipinski definition) is 1. The van der Waals surface area contributed by atoms with Gasteiger partial charge in [-0.1, -0.05) is 74.5 Å².